The van der Waals surface area contributed by atoms with Gasteiger partial charge in [0.25, 0.3) is 0 Å². The van der Waals surface area contributed by atoms with E-state index in [4.69, 9.17) is 19.2 Å². The molecule has 0 radical (unpaired) electrons. The van der Waals surface area contributed by atoms with Crippen LogP contribution in [0.3, 0.4) is 0 Å². The van der Waals surface area contributed by atoms with Gasteiger partial charge in [0.1, 0.15) is 0 Å². The van der Waals surface area contributed by atoms with Gasteiger partial charge in [0.05, 0.1) is 33.5 Å². The van der Waals surface area contributed by atoms with Crippen LogP contribution in [0.2, 0.25) is 0 Å². The quantitative estimate of drug-likeness (QED) is 0.432. The van der Waals surface area contributed by atoms with Gasteiger partial charge in [-0.1, -0.05) is 30.3 Å². The lowest BCUT2D eigenvalue weighted by Crippen LogP contribution is -2.38. The van der Waals surface area contributed by atoms with Crippen molar-refractivity contribution in [2.45, 2.75) is 46.4 Å². The molecule has 0 saturated heterocycles. The van der Waals surface area contributed by atoms with Gasteiger partial charge in [-0.05, 0) is 56.0 Å². The molecule has 0 amide bonds. The molecule has 0 saturated carbocycles. The Bertz CT molecular complexity index is 789. The minimum Gasteiger partial charge on any atom is -0.493 e. The predicted molar refractivity (Wildman–Crippen MR) is 122 cm³/mol. The SMILES string of the molecule is CCNC(=NCc1ccc(COC(C)C)cc1)NCCc1ccc(OC)c(OC)c1. The van der Waals surface area contributed by atoms with E-state index in [1.807, 2.05) is 26.0 Å². The number of benzene rings is 2. The lowest BCUT2D eigenvalue weighted by molar-refractivity contribution is 0.0657. The zero-order valence-electron chi connectivity index (χ0n) is 18.8. The van der Waals surface area contributed by atoms with Crippen molar-refractivity contribution < 1.29 is 14.2 Å². The lowest BCUT2D eigenvalue weighted by Gasteiger charge is -2.13. The van der Waals surface area contributed by atoms with Crippen molar-refractivity contribution in [2.24, 2.45) is 4.99 Å². The van der Waals surface area contributed by atoms with Crippen molar-refractivity contribution in [1.82, 2.24) is 10.6 Å². The highest BCUT2D eigenvalue weighted by Crippen LogP contribution is 2.27. The number of methoxy groups -OCH3 is 2. The smallest absolute Gasteiger partial charge is 0.191 e. The lowest BCUT2D eigenvalue weighted by atomic mass is 10.1. The molecule has 2 N–H and O–H groups in total. The maximum Gasteiger partial charge on any atom is 0.191 e. The van der Waals surface area contributed by atoms with Gasteiger partial charge in [0.15, 0.2) is 17.5 Å². The Morgan fingerprint density at radius 1 is 0.900 bits per heavy atom. The molecule has 0 bridgehead atoms. The Morgan fingerprint density at radius 3 is 2.20 bits per heavy atom. The fourth-order valence-electron chi connectivity index (χ4n) is 2.88. The van der Waals surface area contributed by atoms with Crippen LogP contribution < -0.4 is 20.1 Å². The maximum atomic E-state index is 5.64. The predicted octanol–water partition coefficient (Wildman–Crippen LogP) is 3.93. The topological polar surface area (TPSA) is 64.1 Å². The van der Waals surface area contributed by atoms with Gasteiger partial charge in [-0.2, -0.15) is 0 Å². The highest BCUT2D eigenvalue weighted by Gasteiger charge is 2.05. The zero-order valence-corrected chi connectivity index (χ0v) is 18.8. The molecule has 0 fully saturated rings. The second-order valence-corrected chi connectivity index (χ2v) is 7.24. The summed E-state index contributed by atoms with van der Waals surface area (Å²) in [5, 5.41) is 6.69. The van der Waals surface area contributed by atoms with Gasteiger partial charge in [0, 0.05) is 13.1 Å². The van der Waals surface area contributed by atoms with E-state index in [9.17, 15) is 0 Å². The summed E-state index contributed by atoms with van der Waals surface area (Å²) in [4.78, 5) is 4.70. The second-order valence-electron chi connectivity index (χ2n) is 7.24. The van der Waals surface area contributed by atoms with Crippen molar-refractivity contribution >= 4 is 5.96 Å². The fraction of sp³-hybridized carbons (Fsp3) is 0.458. The van der Waals surface area contributed by atoms with Crippen molar-refractivity contribution in [3.63, 3.8) is 0 Å². The van der Waals surface area contributed by atoms with Crippen LogP contribution >= 0.6 is 0 Å². The number of nitrogens with one attached hydrogen (secondary N) is 2. The highest BCUT2D eigenvalue weighted by atomic mass is 16.5. The Balaban J connectivity index is 1.88. The van der Waals surface area contributed by atoms with Crippen LogP contribution in [0.1, 0.15) is 37.5 Å². The standard InChI is InChI=1S/C24H35N3O3/c1-6-25-24(26-14-13-19-11-12-22(28-4)23(15-19)29-5)27-16-20-7-9-21(10-8-20)17-30-18(2)3/h7-12,15,18H,6,13-14,16-17H2,1-5H3,(H2,25,26,27). The molecule has 0 spiro atoms. The zero-order chi connectivity index (χ0) is 21.8. The van der Waals surface area contributed by atoms with Crippen molar-refractivity contribution in [3.8, 4) is 11.5 Å². The van der Waals surface area contributed by atoms with E-state index < -0.39 is 0 Å². The van der Waals surface area contributed by atoms with E-state index in [1.165, 1.54) is 16.7 Å². The van der Waals surface area contributed by atoms with E-state index in [1.54, 1.807) is 14.2 Å². The third-order valence-corrected chi connectivity index (χ3v) is 4.52. The van der Waals surface area contributed by atoms with E-state index in [-0.39, 0.29) is 6.10 Å². The molecule has 6 nitrogen and oxygen atoms in total. The number of hydrogen-bond acceptors (Lipinski definition) is 4. The summed E-state index contributed by atoms with van der Waals surface area (Å²) in [5.41, 5.74) is 3.52. The third-order valence-electron chi connectivity index (χ3n) is 4.52. The molecule has 0 aliphatic rings. The van der Waals surface area contributed by atoms with Crippen LogP contribution in [0.25, 0.3) is 0 Å². The highest BCUT2D eigenvalue weighted by molar-refractivity contribution is 5.79. The number of nitrogens with zero attached hydrogens (tertiary/aromatic N) is 1. The summed E-state index contributed by atoms with van der Waals surface area (Å²) in [5.74, 6) is 2.30. The number of ether oxygens (including phenoxy) is 3. The molecule has 30 heavy (non-hydrogen) atoms. The van der Waals surface area contributed by atoms with Gasteiger partial charge in [0.2, 0.25) is 0 Å². The normalized spacial score (nSPS) is 11.5. The molecular weight excluding hydrogens is 378 g/mol. The first-order chi connectivity index (χ1) is 14.5. The van der Waals surface area contributed by atoms with Crippen LogP contribution in [0.4, 0.5) is 0 Å². The molecule has 0 aliphatic carbocycles. The molecule has 0 unspecified atom stereocenters. The molecule has 2 rings (SSSR count). The number of hydrogen-bond donors (Lipinski definition) is 2. The third kappa shape index (κ3) is 7.95. The van der Waals surface area contributed by atoms with Gasteiger partial charge < -0.3 is 24.8 Å². The van der Waals surface area contributed by atoms with Gasteiger partial charge in [-0.25, -0.2) is 4.99 Å². The summed E-state index contributed by atoms with van der Waals surface area (Å²) in [6.07, 6.45) is 1.09. The fourth-order valence-corrected chi connectivity index (χ4v) is 2.88. The average molecular weight is 414 g/mol. The second kappa shape index (κ2) is 12.8. The molecule has 0 atom stereocenters. The largest absolute Gasteiger partial charge is 0.493 e. The van der Waals surface area contributed by atoms with Crippen LogP contribution in [-0.4, -0.2) is 39.4 Å². The van der Waals surface area contributed by atoms with Crippen molar-refractivity contribution in [1.29, 1.82) is 0 Å². The number of guanidine groups is 1. The Labute approximate surface area is 180 Å². The van der Waals surface area contributed by atoms with Crippen LogP contribution in [0.15, 0.2) is 47.5 Å². The van der Waals surface area contributed by atoms with E-state index in [2.05, 4.69) is 47.9 Å². The average Bonchev–Trinajstić information content (AvgIpc) is 2.76. The van der Waals surface area contributed by atoms with E-state index in [0.29, 0.717) is 13.2 Å². The molecule has 2 aromatic rings. The molecular formula is C24H35N3O3. The monoisotopic (exact) mass is 413 g/mol. The molecule has 6 heteroatoms. The van der Waals surface area contributed by atoms with Crippen molar-refractivity contribution in [3.05, 3.63) is 59.2 Å². The summed E-state index contributed by atoms with van der Waals surface area (Å²) < 4.78 is 16.3. The van der Waals surface area contributed by atoms with Gasteiger partial charge >= 0.3 is 0 Å². The maximum absolute atomic E-state index is 5.64. The summed E-state index contributed by atoms with van der Waals surface area (Å²) in [7, 11) is 3.30. The molecule has 164 valence electrons. The summed E-state index contributed by atoms with van der Waals surface area (Å²) in [6.45, 7) is 9.00. The molecule has 0 aliphatic heterocycles. The summed E-state index contributed by atoms with van der Waals surface area (Å²) >= 11 is 0. The Morgan fingerprint density at radius 2 is 1.57 bits per heavy atom. The first-order valence-electron chi connectivity index (χ1n) is 10.5. The Kier molecular flexibility index (Phi) is 10.0. The first kappa shape index (κ1) is 23.5. The summed E-state index contributed by atoms with van der Waals surface area (Å²) in [6, 6.07) is 14.4. The number of aliphatic imine (C=N–C) groups is 1. The van der Waals surface area contributed by atoms with Crippen LogP contribution in [-0.2, 0) is 24.3 Å². The van der Waals surface area contributed by atoms with Gasteiger partial charge in [-0.15, -0.1) is 0 Å². The molecule has 0 aromatic heterocycles. The minimum atomic E-state index is 0.238. The van der Waals surface area contributed by atoms with Crippen LogP contribution in [0, 0.1) is 0 Å². The first-order valence-corrected chi connectivity index (χ1v) is 10.5. The molecule has 0 heterocycles. The minimum absolute atomic E-state index is 0.238. The Hall–Kier alpha value is -2.73. The van der Waals surface area contributed by atoms with Crippen molar-refractivity contribution in [2.75, 3.05) is 27.3 Å². The number of rotatable bonds is 11. The van der Waals surface area contributed by atoms with Gasteiger partial charge in [-0.3, -0.25) is 0 Å². The molecule has 2 aromatic carbocycles. The van der Waals surface area contributed by atoms with E-state index >= 15 is 0 Å². The van der Waals surface area contributed by atoms with E-state index in [0.717, 1.165) is 37.0 Å². The van der Waals surface area contributed by atoms with Crippen LogP contribution in [0.5, 0.6) is 11.5 Å².